The summed E-state index contributed by atoms with van der Waals surface area (Å²) in [5.74, 6) is 0.984. The summed E-state index contributed by atoms with van der Waals surface area (Å²) in [7, 11) is -0.803. The van der Waals surface area contributed by atoms with Gasteiger partial charge in [-0.1, -0.05) is 48.5 Å². The molecule has 0 aromatic heterocycles. The van der Waals surface area contributed by atoms with Crippen molar-refractivity contribution in [3.05, 3.63) is 108 Å². The standard InChI is InChI=1S/C33H36N4O5S/c1-24(25-10-5-4-6-11-25)35-43(39,40)32-23-27(34-33(38)26-12-9-13-28(22-26)41-2)16-17-30(32)37-20-18-36(19-21-37)29-14-7-8-15-31(29)42-3/h4-17,22-24,35H,18-21H2,1-3H3,(H,34,38). The number of para-hydroxylation sites is 2. The lowest BCUT2D eigenvalue weighted by Gasteiger charge is -2.38. The highest BCUT2D eigenvalue weighted by Gasteiger charge is 2.28. The van der Waals surface area contributed by atoms with E-state index in [9.17, 15) is 13.2 Å². The topological polar surface area (TPSA) is 100 Å². The number of nitrogens with one attached hydrogen (secondary N) is 2. The number of benzene rings is 4. The van der Waals surface area contributed by atoms with Crippen molar-refractivity contribution in [1.29, 1.82) is 0 Å². The lowest BCUT2D eigenvalue weighted by atomic mass is 10.1. The molecule has 9 nitrogen and oxygen atoms in total. The molecule has 10 heteroatoms. The van der Waals surface area contributed by atoms with Crippen LogP contribution in [0.1, 0.15) is 28.9 Å². The first-order chi connectivity index (χ1) is 20.8. The zero-order chi connectivity index (χ0) is 30.4. The third-order valence-electron chi connectivity index (χ3n) is 7.52. The molecule has 0 aliphatic carbocycles. The lowest BCUT2D eigenvalue weighted by molar-refractivity contribution is 0.102. The molecule has 4 aromatic carbocycles. The number of anilines is 3. The minimum atomic E-state index is -3.99. The molecule has 0 radical (unpaired) electrons. The van der Waals surface area contributed by atoms with Gasteiger partial charge in [-0.3, -0.25) is 4.79 Å². The fourth-order valence-electron chi connectivity index (χ4n) is 5.22. The Morgan fingerprint density at radius 1 is 0.767 bits per heavy atom. The van der Waals surface area contributed by atoms with Crippen LogP contribution in [0.2, 0.25) is 0 Å². The van der Waals surface area contributed by atoms with E-state index in [0.717, 1.165) is 17.0 Å². The average molecular weight is 601 g/mol. The predicted octanol–water partition coefficient (Wildman–Crippen LogP) is 5.32. The van der Waals surface area contributed by atoms with Crippen molar-refractivity contribution in [3.8, 4) is 11.5 Å². The van der Waals surface area contributed by atoms with Gasteiger partial charge in [0.15, 0.2) is 0 Å². The summed E-state index contributed by atoms with van der Waals surface area (Å²) in [6.45, 7) is 4.38. The molecule has 0 bridgehead atoms. The maximum atomic E-state index is 13.9. The van der Waals surface area contributed by atoms with Crippen molar-refractivity contribution < 1.29 is 22.7 Å². The molecular formula is C33H36N4O5S. The van der Waals surface area contributed by atoms with Crippen LogP contribution in [0.5, 0.6) is 11.5 Å². The van der Waals surface area contributed by atoms with Gasteiger partial charge in [-0.15, -0.1) is 0 Å². The molecule has 1 saturated heterocycles. The van der Waals surface area contributed by atoms with Crippen LogP contribution in [0.25, 0.3) is 0 Å². The quantitative estimate of drug-likeness (QED) is 0.254. The Hall–Kier alpha value is -4.54. The summed E-state index contributed by atoms with van der Waals surface area (Å²) in [4.78, 5) is 17.5. The summed E-state index contributed by atoms with van der Waals surface area (Å²) in [6, 6.07) is 28.6. The van der Waals surface area contributed by atoms with Crippen molar-refractivity contribution in [3.63, 3.8) is 0 Å². The number of hydrogen-bond acceptors (Lipinski definition) is 7. The first kappa shape index (κ1) is 29.9. The number of amides is 1. The van der Waals surface area contributed by atoms with E-state index in [-0.39, 0.29) is 10.8 Å². The molecule has 1 fully saturated rings. The van der Waals surface area contributed by atoms with Crippen LogP contribution in [-0.4, -0.2) is 54.7 Å². The van der Waals surface area contributed by atoms with Crippen molar-refractivity contribution in [2.45, 2.75) is 17.9 Å². The van der Waals surface area contributed by atoms with Crippen molar-refractivity contribution in [2.75, 3.05) is 55.5 Å². The molecule has 1 aliphatic rings. The number of sulfonamides is 1. The molecule has 0 spiro atoms. The van der Waals surface area contributed by atoms with E-state index in [2.05, 4.69) is 19.8 Å². The van der Waals surface area contributed by atoms with Crippen LogP contribution < -0.4 is 29.3 Å². The SMILES string of the molecule is COc1cccc(C(=O)Nc2ccc(N3CCN(c4ccccc4OC)CC3)c(S(=O)(=O)NC(C)c3ccccc3)c2)c1. The largest absolute Gasteiger partial charge is 0.497 e. The van der Waals surface area contributed by atoms with E-state index >= 15 is 0 Å². The van der Waals surface area contributed by atoms with Crippen LogP contribution >= 0.6 is 0 Å². The number of carbonyl (C=O) groups is 1. The van der Waals surface area contributed by atoms with Crippen molar-refractivity contribution >= 4 is 33.0 Å². The predicted molar refractivity (Wildman–Crippen MR) is 170 cm³/mol. The smallest absolute Gasteiger partial charge is 0.255 e. The van der Waals surface area contributed by atoms with E-state index in [1.54, 1.807) is 43.5 Å². The molecule has 224 valence electrons. The number of piperazine rings is 1. The Labute approximate surface area is 253 Å². The van der Waals surface area contributed by atoms with Gasteiger partial charge in [0.25, 0.3) is 5.91 Å². The fourth-order valence-corrected chi connectivity index (χ4v) is 6.70. The summed E-state index contributed by atoms with van der Waals surface area (Å²) >= 11 is 0. The van der Waals surface area contributed by atoms with Crippen LogP contribution in [-0.2, 0) is 10.0 Å². The second kappa shape index (κ2) is 13.2. The van der Waals surface area contributed by atoms with Crippen LogP contribution in [0, 0.1) is 0 Å². The normalized spacial score (nSPS) is 14.2. The maximum Gasteiger partial charge on any atom is 0.255 e. The van der Waals surface area contributed by atoms with E-state index in [1.165, 1.54) is 13.2 Å². The average Bonchev–Trinajstić information content (AvgIpc) is 3.05. The number of rotatable bonds is 10. The third-order valence-corrected chi connectivity index (χ3v) is 9.09. The molecule has 4 aromatic rings. The Balaban J connectivity index is 1.43. The number of nitrogens with zero attached hydrogens (tertiary/aromatic N) is 2. The highest BCUT2D eigenvalue weighted by Crippen LogP contribution is 2.33. The van der Waals surface area contributed by atoms with Gasteiger partial charge in [-0.05, 0) is 61.0 Å². The molecule has 1 aliphatic heterocycles. The van der Waals surface area contributed by atoms with Gasteiger partial charge < -0.3 is 24.6 Å². The Kier molecular flexibility index (Phi) is 9.18. The summed E-state index contributed by atoms with van der Waals surface area (Å²) in [6.07, 6.45) is 0. The Morgan fingerprint density at radius 2 is 1.44 bits per heavy atom. The van der Waals surface area contributed by atoms with Gasteiger partial charge in [0, 0.05) is 43.5 Å². The number of carbonyl (C=O) groups excluding carboxylic acids is 1. The first-order valence-corrected chi connectivity index (χ1v) is 15.6. The minimum Gasteiger partial charge on any atom is -0.497 e. The second-order valence-electron chi connectivity index (χ2n) is 10.3. The van der Waals surface area contributed by atoms with Crippen molar-refractivity contribution in [2.24, 2.45) is 0 Å². The van der Waals surface area contributed by atoms with Gasteiger partial charge in [-0.25, -0.2) is 13.1 Å². The van der Waals surface area contributed by atoms with E-state index < -0.39 is 16.1 Å². The zero-order valence-electron chi connectivity index (χ0n) is 24.5. The molecule has 1 amide bonds. The van der Waals surface area contributed by atoms with Crippen LogP contribution in [0.4, 0.5) is 17.1 Å². The van der Waals surface area contributed by atoms with E-state index in [1.807, 2.05) is 61.5 Å². The Morgan fingerprint density at radius 3 is 2.14 bits per heavy atom. The molecule has 0 saturated carbocycles. The molecule has 2 N–H and O–H groups in total. The number of methoxy groups -OCH3 is 2. The third kappa shape index (κ3) is 6.93. The summed E-state index contributed by atoms with van der Waals surface area (Å²) in [5.41, 5.74) is 3.20. The van der Waals surface area contributed by atoms with Gasteiger partial charge in [-0.2, -0.15) is 0 Å². The molecule has 1 unspecified atom stereocenters. The van der Waals surface area contributed by atoms with Gasteiger partial charge in [0.05, 0.1) is 25.6 Å². The first-order valence-electron chi connectivity index (χ1n) is 14.1. The van der Waals surface area contributed by atoms with Crippen LogP contribution in [0.15, 0.2) is 102 Å². The minimum absolute atomic E-state index is 0.101. The van der Waals surface area contributed by atoms with Gasteiger partial charge in [0.1, 0.15) is 16.4 Å². The van der Waals surface area contributed by atoms with Gasteiger partial charge >= 0.3 is 0 Å². The van der Waals surface area contributed by atoms with Crippen LogP contribution in [0.3, 0.4) is 0 Å². The maximum absolute atomic E-state index is 13.9. The van der Waals surface area contributed by atoms with Gasteiger partial charge in [0.2, 0.25) is 10.0 Å². The Bertz CT molecular complexity index is 1670. The van der Waals surface area contributed by atoms with E-state index in [4.69, 9.17) is 9.47 Å². The molecular weight excluding hydrogens is 564 g/mol. The highest BCUT2D eigenvalue weighted by atomic mass is 32.2. The summed E-state index contributed by atoms with van der Waals surface area (Å²) in [5, 5.41) is 2.85. The number of ether oxygens (including phenoxy) is 2. The van der Waals surface area contributed by atoms with Crippen molar-refractivity contribution in [1.82, 2.24) is 4.72 Å². The highest BCUT2D eigenvalue weighted by molar-refractivity contribution is 7.89. The zero-order valence-corrected chi connectivity index (χ0v) is 25.3. The lowest BCUT2D eigenvalue weighted by Crippen LogP contribution is -2.47. The molecule has 43 heavy (non-hydrogen) atoms. The molecule has 1 heterocycles. The fraction of sp³-hybridized carbons (Fsp3) is 0.242. The van der Waals surface area contributed by atoms with E-state index in [0.29, 0.717) is 48.9 Å². The number of hydrogen-bond donors (Lipinski definition) is 2. The monoisotopic (exact) mass is 600 g/mol. The second-order valence-corrected chi connectivity index (χ2v) is 12.0. The molecule has 5 rings (SSSR count). The molecule has 1 atom stereocenters. The summed E-state index contributed by atoms with van der Waals surface area (Å²) < 4.78 is 41.5.